The van der Waals surface area contributed by atoms with Crippen molar-refractivity contribution >= 4 is 27.5 Å². The van der Waals surface area contributed by atoms with Crippen molar-refractivity contribution in [2.75, 3.05) is 0 Å². The fourth-order valence-electron chi connectivity index (χ4n) is 3.23. The Hall–Kier alpha value is -3.60. The van der Waals surface area contributed by atoms with Gasteiger partial charge in [-0.25, -0.2) is 22.8 Å². The molecule has 0 radical (unpaired) electrons. The van der Waals surface area contributed by atoms with Crippen LogP contribution in [-0.4, -0.2) is 34.1 Å². The molecule has 2 aromatic carbocycles. The highest BCUT2D eigenvalue weighted by Crippen LogP contribution is 2.24. The Labute approximate surface area is 201 Å². The molecule has 4 aromatic rings. The van der Waals surface area contributed by atoms with E-state index in [-0.39, 0.29) is 28.1 Å². The number of aromatic nitrogens is 4. The van der Waals surface area contributed by atoms with Crippen LogP contribution in [0.25, 0.3) is 5.69 Å². The van der Waals surface area contributed by atoms with Gasteiger partial charge in [0.2, 0.25) is 10.0 Å². The van der Waals surface area contributed by atoms with E-state index in [1.165, 1.54) is 24.5 Å². The lowest BCUT2D eigenvalue weighted by molar-refractivity contribution is 0.0939. The molecule has 2 heterocycles. The molecule has 9 nitrogen and oxygen atoms in total. The summed E-state index contributed by atoms with van der Waals surface area (Å²) < 4.78 is 29.7. The average Bonchev–Trinajstić information content (AvgIpc) is 3.39. The number of amides is 1. The Balaban J connectivity index is 1.46. The fourth-order valence-corrected chi connectivity index (χ4v) is 4.77. The van der Waals surface area contributed by atoms with Crippen LogP contribution in [0.5, 0.6) is 0 Å². The highest BCUT2D eigenvalue weighted by molar-refractivity contribution is 7.89. The van der Waals surface area contributed by atoms with Crippen LogP contribution in [0.3, 0.4) is 0 Å². The molecular formula is C23H21ClN6O3S. The number of hydrogen-bond donors (Lipinski definition) is 2. The minimum absolute atomic E-state index is 0.0204. The second-order valence-corrected chi connectivity index (χ2v) is 9.60. The molecule has 11 heteroatoms. The van der Waals surface area contributed by atoms with Crippen molar-refractivity contribution < 1.29 is 13.2 Å². The summed E-state index contributed by atoms with van der Waals surface area (Å²) in [6, 6.07) is 14.8. The van der Waals surface area contributed by atoms with Crippen LogP contribution in [0, 0.1) is 0 Å². The lowest BCUT2D eigenvalue weighted by Crippen LogP contribution is -2.28. The molecule has 0 saturated carbocycles. The SMILES string of the molecule is C[C@@H](NC(=O)c1ccc(Cl)c(S(=O)(=O)NCc2cccnc2)c1)c1ccc(-n2cncn2)cc1. The Morgan fingerprint density at radius 2 is 1.91 bits per heavy atom. The molecule has 174 valence electrons. The van der Waals surface area contributed by atoms with Crippen molar-refractivity contribution in [3.05, 3.63) is 101 Å². The number of nitrogens with one attached hydrogen (secondary N) is 2. The number of benzene rings is 2. The van der Waals surface area contributed by atoms with Gasteiger partial charge >= 0.3 is 0 Å². The first-order valence-electron chi connectivity index (χ1n) is 10.3. The summed E-state index contributed by atoms with van der Waals surface area (Å²) in [7, 11) is -3.96. The molecule has 0 aliphatic heterocycles. The normalized spacial score (nSPS) is 12.3. The van der Waals surface area contributed by atoms with Crippen molar-refractivity contribution in [1.29, 1.82) is 0 Å². The third-order valence-electron chi connectivity index (χ3n) is 5.10. The number of hydrogen-bond acceptors (Lipinski definition) is 6. The molecule has 0 unspecified atom stereocenters. The first kappa shape index (κ1) is 23.6. The number of carbonyl (C=O) groups excluding carboxylic acids is 1. The van der Waals surface area contributed by atoms with Gasteiger partial charge in [0.05, 0.1) is 16.8 Å². The van der Waals surface area contributed by atoms with E-state index in [0.29, 0.717) is 5.56 Å². The zero-order valence-electron chi connectivity index (χ0n) is 18.1. The third kappa shape index (κ3) is 5.48. The third-order valence-corrected chi connectivity index (χ3v) is 6.98. The van der Waals surface area contributed by atoms with Crippen molar-refractivity contribution in [2.24, 2.45) is 0 Å². The summed E-state index contributed by atoms with van der Waals surface area (Å²) in [5, 5.41) is 6.98. The Bertz CT molecular complexity index is 1380. The van der Waals surface area contributed by atoms with Gasteiger partial charge < -0.3 is 5.32 Å². The summed E-state index contributed by atoms with van der Waals surface area (Å²) in [6.07, 6.45) is 6.21. The number of pyridine rings is 1. The maximum atomic E-state index is 12.9. The molecular weight excluding hydrogens is 476 g/mol. The molecule has 0 spiro atoms. The molecule has 4 rings (SSSR count). The van der Waals surface area contributed by atoms with E-state index in [9.17, 15) is 13.2 Å². The van der Waals surface area contributed by atoms with E-state index >= 15 is 0 Å². The van der Waals surface area contributed by atoms with Crippen LogP contribution >= 0.6 is 11.6 Å². The zero-order chi connectivity index (χ0) is 24.1. The fraction of sp³-hybridized carbons (Fsp3) is 0.130. The van der Waals surface area contributed by atoms with E-state index in [0.717, 1.165) is 11.3 Å². The van der Waals surface area contributed by atoms with Gasteiger partial charge in [-0.2, -0.15) is 5.10 Å². The summed E-state index contributed by atoms with van der Waals surface area (Å²) in [5.74, 6) is -0.423. The predicted molar refractivity (Wildman–Crippen MR) is 127 cm³/mol. The van der Waals surface area contributed by atoms with Gasteiger partial charge in [0.15, 0.2) is 0 Å². The molecule has 2 N–H and O–H groups in total. The summed E-state index contributed by atoms with van der Waals surface area (Å²) in [5.41, 5.74) is 2.58. The molecule has 1 atom stereocenters. The molecule has 0 fully saturated rings. The highest BCUT2D eigenvalue weighted by Gasteiger charge is 2.21. The first-order chi connectivity index (χ1) is 16.3. The number of nitrogens with zero attached hydrogens (tertiary/aromatic N) is 4. The van der Waals surface area contributed by atoms with Crippen molar-refractivity contribution in [3.8, 4) is 5.69 Å². The van der Waals surface area contributed by atoms with E-state index in [1.807, 2.05) is 31.2 Å². The molecule has 0 bridgehead atoms. The van der Waals surface area contributed by atoms with Gasteiger partial charge in [-0.1, -0.05) is 29.8 Å². The van der Waals surface area contributed by atoms with Crippen molar-refractivity contribution in [3.63, 3.8) is 0 Å². The van der Waals surface area contributed by atoms with Crippen LogP contribution in [0.15, 0.2) is 84.5 Å². The van der Waals surface area contributed by atoms with Crippen LogP contribution in [-0.2, 0) is 16.6 Å². The Morgan fingerprint density at radius 3 is 2.59 bits per heavy atom. The number of halogens is 1. The minimum atomic E-state index is -3.96. The summed E-state index contributed by atoms with van der Waals surface area (Å²) >= 11 is 6.15. The highest BCUT2D eigenvalue weighted by atomic mass is 35.5. The molecule has 0 aliphatic rings. The maximum absolute atomic E-state index is 12.9. The number of carbonyl (C=O) groups is 1. The topological polar surface area (TPSA) is 119 Å². The lowest BCUT2D eigenvalue weighted by Gasteiger charge is -2.16. The van der Waals surface area contributed by atoms with Gasteiger partial charge in [-0.15, -0.1) is 0 Å². The second-order valence-electron chi connectivity index (χ2n) is 7.46. The van der Waals surface area contributed by atoms with Crippen molar-refractivity contribution in [2.45, 2.75) is 24.4 Å². The first-order valence-corrected chi connectivity index (χ1v) is 12.1. The number of sulfonamides is 1. The Morgan fingerprint density at radius 1 is 1.12 bits per heavy atom. The molecule has 0 aliphatic carbocycles. The van der Waals surface area contributed by atoms with Gasteiger partial charge in [0.1, 0.15) is 17.6 Å². The molecule has 2 aromatic heterocycles. The van der Waals surface area contributed by atoms with Gasteiger partial charge in [-0.3, -0.25) is 9.78 Å². The average molecular weight is 497 g/mol. The summed E-state index contributed by atoms with van der Waals surface area (Å²) in [6.45, 7) is 1.88. The van der Waals surface area contributed by atoms with Crippen LogP contribution < -0.4 is 10.0 Å². The van der Waals surface area contributed by atoms with Gasteiger partial charge in [0, 0.05) is 24.5 Å². The van der Waals surface area contributed by atoms with E-state index < -0.39 is 15.9 Å². The monoisotopic (exact) mass is 496 g/mol. The van der Waals surface area contributed by atoms with Crippen molar-refractivity contribution in [1.82, 2.24) is 29.8 Å². The van der Waals surface area contributed by atoms with Gasteiger partial charge in [0.25, 0.3) is 5.91 Å². The number of rotatable bonds is 8. The van der Waals surface area contributed by atoms with Crippen LogP contribution in [0.4, 0.5) is 0 Å². The predicted octanol–water partition coefficient (Wildman–Crippen LogP) is 3.29. The Kier molecular flexibility index (Phi) is 7.01. The van der Waals surface area contributed by atoms with Gasteiger partial charge in [-0.05, 0) is 54.4 Å². The molecule has 1 amide bonds. The molecule has 34 heavy (non-hydrogen) atoms. The van der Waals surface area contributed by atoms with E-state index in [2.05, 4.69) is 25.1 Å². The van der Waals surface area contributed by atoms with E-state index in [4.69, 9.17) is 11.6 Å². The summed E-state index contributed by atoms with van der Waals surface area (Å²) in [4.78, 5) is 20.6. The quantitative estimate of drug-likeness (QED) is 0.386. The largest absolute Gasteiger partial charge is 0.346 e. The van der Waals surface area contributed by atoms with Crippen LogP contribution in [0.1, 0.15) is 34.5 Å². The minimum Gasteiger partial charge on any atom is -0.346 e. The zero-order valence-corrected chi connectivity index (χ0v) is 19.7. The second kappa shape index (κ2) is 10.1. The van der Waals surface area contributed by atoms with E-state index in [1.54, 1.807) is 35.5 Å². The van der Waals surface area contributed by atoms with Crippen LogP contribution in [0.2, 0.25) is 5.02 Å². The smallest absolute Gasteiger partial charge is 0.251 e. The molecule has 0 saturated heterocycles. The lowest BCUT2D eigenvalue weighted by atomic mass is 10.1. The maximum Gasteiger partial charge on any atom is 0.251 e. The standard InChI is InChI=1S/C23H21ClN6O3S/c1-16(18-4-7-20(8-5-18)30-15-26-14-27-30)29-23(31)19-6-9-21(24)22(11-19)34(32,33)28-13-17-3-2-10-25-12-17/h2-12,14-16,28H,13H2,1H3,(H,29,31)/t16-/m1/s1.